The van der Waals surface area contributed by atoms with Crippen LogP contribution in [0.4, 0.5) is 0 Å². The minimum atomic E-state index is -0.816. The van der Waals surface area contributed by atoms with E-state index in [-0.39, 0.29) is 30.8 Å². The van der Waals surface area contributed by atoms with E-state index in [0.29, 0.717) is 0 Å². The summed E-state index contributed by atoms with van der Waals surface area (Å²) in [6.07, 6.45) is 0. The number of esters is 1. The molecule has 10 nitrogen and oxygen atoms in total. The average molecular weight is 386 g/mol. The Bertz CT molecular complexity index is 562. The van der Waals surface area contributed by atoms with E-state index in [4.69, 9.17) is 0 Å². The molecule has 0 fully saturated rings. The summed E-state index contributed by atoms with van der Waals surface area (Å²) in [6, 6.07) is -1.57. The quantitative estimate of drug-likeness (QED) is 0.344. The topological polar surface area (TPSA) is 143 Å². The second-order valence-corrected chi connectivity index (χ2v) is 6.73. The SMILES string of the molecule is COC(=O)[C@@H](NC(=O)CNC(=O)CNC(=O)[C@@H](NC(C)=O)C(C)C)C(C)C. The van der Waals surface area contributed by atoms with Crippen molar-refractivity contribution in [3.8, 4) is 0 Å². The van der Waals surface area contributed by atoms with Gasteiger partial charge in [-0.3, -0.25) is 19.2 Å². The first-order chi connectivity index (χ1) is 12.5. The predicted octanol–water partition coefficient (Wildman–Crippen LogP) is -1.31. The highest BCUT2D eigenvalue weighted by molar-refractivity contribution is 5.92. The van der Waals surface area contributed by atoms with Crippen molar-refractivity contribution in [2.24, 2.45) is 11.8 Å². The number of nitrogens with one attached hydrogen (secondary N) is 4. The molecule has 2 atom stereocenters. The van der Waals surface area contributed by atoms with Gasteiger partial charge in [-0.15, -0.1) is 0 Å². The van der Waals surface area contributed by atoms with Crippen LogP contribution in [0, 0.1) is 11.8 Å². The second-order valence-electron chi connectivity index (χ2n) is 6.73. The van der Waals surface area contributed by atoms with E-state index in [2.05, 4.69) is 26.0 Å². The van der Waals surface area contributed by atoms with Crippen molar-refractivity contribution in [3.63, 3.8) is 0 Å². The summed E-state index contributed by atoms with van der Waals surface area (Å²) in [5.74, 6) is -2.90. The molecule has 0 heterocycles. The molecule has 0 saturated carbocycles. The third-order valence-electron chi connectivity index (χ3n) is 3.62. The Hall–Kier alpha value is -2.65. The van der Waals surface area contributed by atoms with Crippen LogP contribution < -0.4 is 21.3 Å². The Morgan fingerprint density at radius 3 is 1.74 bits per heavy atom. The fourth-order valence-electron chi connectivity index (χ4n) is 2.12. The summed E-state index contributed by atoms with van der Waals surface area (Å²) >= 11 is 0. The zero-order valence-corrected chi connectivity index (χ0v) is 16.7. The van der Waals surface area contributed by atoms with Crippen LogP contribution in [0.25, 0.3) is 0 Å². The number of carbonyl (C=O) groups excluding carboxylic acids is 5. The lowest BCUT2D eigenvalue weighted by molar-refractivity contribution is -0.146. The molecule has 154 valence electrons. The summed E-state index contributed by atoms with van der Waals surface area (Å²) in [5, 5.41) is 9.74. The molecule has 0 rings (SSSR count). The van der Waals surface area contributed by atoms with Gasteiger partial charge in [0.05, 0.1) is 20.2 Å². The van der Waals surface area contributed by atoms with Gasteiger partial charge < -0.3 is 26.0 Å². The van der Waals surface area contributed by atoms with Crippen molar-refractivity contribution in [1.82, 2.24) is 21.3 Å². The van der Waals surface area contributed by atoms with Crippen molar-refractivity contribution in [2.45, 2.75) is 46.7 Å². The highest BCUT2D eigenvalue weighted by Crippen LogP contribution is 2.03. The van der Waals surface area contributed by atoms with Crippen molar-refractivity contribution < 1.29 is 28.7 Å². The molecule has 0 aliphatic heterocycles. The maximum absolute atomic E-state index is 12.1. The molecule has 10 heteroatoms. The van der Waals surface area contributed by atoms with Crippen LogP contribution in [0.5, 0.6) is 0 Å². The Labute approximate surface area is 159 Å². The first-order valence-corrected chi connectivity index (χ1v) is 8.68. The summed E-state index contributed by atoms with van der Waals surface area (Å²) in [5.41, 5.74) is 0. The molecule has 0 aliphatic carbocycles. The summed E-state index contributed by atoms with van der Waals surface area (Å²) < 4.78 is 4.62. The van der Waals surface area contributed by atoms with Gasteiger partial charge in [-0.05, 0) is 11.8 Å². The van der Waals surface area contributed by atoms with Gasteiger partial charge in [-0.1, -0.05) is 27.7 Å². The van der Waals surface area contributed by atoms with E-state index in [1.165, 1.54) is 14.0 Å². The minimum absolute atomic E-state index is 0.158. The monoisotopic (exact) mass is 386 g/mol. The molecular formula is C17H30N4O6. The van der Waals surface area contributed by atoms with Crippen LogP contribution in [0.15, 0.2) is 0 Å². The van der Waals surface area contributed by atoms with E-state index in [0.717, 1.165) is 0 Å². The van der Waals surface area contributed by atoms with Crippen LogP contribution in [-0.4, -0.2) is 61.9 Å². The zero-order chi connectivity index (χ0) is 21.1. The third-order valence-corrected chi connectivity index (χ3v) is 3.62. The number of ether oxygens (including phenoxy) is 1. The normalized spacial score (nSPS) is 12.7. The second kappa shape index (κ2) is 11.9. The van der Waals surface area contributed by atoms with Crippen LogP contribution in [-0.2, 0) is 28.7 Å². The van der Waals surface area contributed by atoms with Gasteiger partial charge in [0.2, 0.25) is 23.6 Å². The largest absolute Gasteiger partial charge is 0.467 e. The third kappa shape index (κ3) is 9.57. The van der Waals surface area contributed by atoms with E-state index >= 15 is 0 Å². The van der Waals surface area contributed by atoms with Crippen LogP contribution in [0.3, 0.4) is 0 Å². The molecule has 4 N–H and O–H groups in total. The molecule has 27 heavy (non-hydrogen) atoms. The molecule has 0 bridgehead atoms. The van der Waals surface area contributed by atoms with Crippen LogP contribution >= 0.6 is 0 Å². The molecule has 0 unspecified atom stereocenters. The van der Waals surface area contributed by atoms with Crippen molar-refractivity contribution in [3.05, 3.63) is 0 Å². The first kappa shape index (κ1) is 24.4. The minimum Gasteiger partial charge on any atom is -0.467 e. The standard InChI is InChI=1S/C17H30N4O6/c1-9(2)14(20-11(5)22)16(25)19-7-12(23)18-8-13(24)21-15(10(3)4)17(26)27-6/h9-10,14-15H,7-8H2,1-6H3,(H,18,23)(H,19,25)(H,20,22)(H,21,24)/t14-,15-/m0/s1. The zero-order valence-electron chi connectivity index (χ0n) is 16.7. The van der Waals surface area contributed by atoms with Crippen LogP contribution in [0.1, 0.15) is 34.6 Å². The number of hydrogen-bond acceptors (Lipinski definition) is 6. The van der Waals surface area contributed by atoms with Crippen molar-refractivity contribution >= 4 is 29.6 Å². The lowest BCUT2D eigenvalue weighted by Gasteiger charge is -2.21. The number of methoxy groups -OCH3 is 1. The van der Waals surface area contributed by atoms with Crippen LogP contribution in [0.2, 0.25) is 0 Å². The van der Waals surface area contributed by atoms with Gasteiger partial charge in [0.25, 0.3) is 0 Å². The van der Waals surface area contributed by atoms with Gasteiger partial charge >= 0.3 is 5.97 Å². The highest BCUT2D eigenvalue weighted by Gasteiger charge is 2.25. The lowest BCUT2D eigenvalue weighted by atomic mass is 10.0. The summed E-state index contributed by atoms with van der Waals surface area (Å²) in [7, 11) is 1.22. The van der Waals surface area contributed by atoms with Gasteiger partial charge in [-0.2, -0.15) is 0 Å². The molecule has 0 aromatic carbocycles. The number of rotatable bonds is 10. The van der Waals surface area contributed by atoms with E-state index in [1.807, 2.05) is 0 Å². The van der Waals surface area contributed by atoms with E-state index in [9.17, 15) is 24.0 Å². The molecule has 0 aromatic heterocycles. The maximum atomic E-state index is 12.1. The Morgan fingerprint density at radius 2 is 1.30 bits per heavy atom. The highest BCUT2D eigenvalue weighted by atomic mass is 16.5. The molecule has 0 aromatic rings. The average Bonchev–Trinajstić information content (AvgIpc) is 2.58. The van der Waals surface area contributed by atoms with Crippen molar-refractivity contribution in [2.75, 3.05) is 20.2 Å². The summed E-state index contributed by atoms with van der Waals surface area (Å²) in [4.78, 5) is 58.5. The molecule has 0 radical (unpaired) electrons. The number of amides is 4. The lowest BCUT2D eigenvalue weighted by Crippen LogP contribution is -2.52. The maximum Gasteiger partial charge on any atom is 0.328 e. The fraction of sp³-hybridized carbons (Fsp3) is 0.706. The van der Waals surface area contributed by atoms with E-state index < -0.39 is 35.8 Å². The molecule has 0 saturated heterocycles. The molecule has 4 amide bonds. The molecule has 0 spiro atoms. The smallest absolute Gasteiger partial charge is 0.328 e. The molecular weight excluding hydrogens is 356 g/mol. The first-order valence-electron chi connectivity index (χ1n) is 8.68. The van der Waals surface area contributed by atoms with Crippen molar-refractivity contribution in [1.29, 1.82) is 0 Å². The Morgan fingerprint density at radius 1 is 0.778 bits per heavy atom. The van der Waals surface area contributed by atoms with Gasteiger partial charge in [0.15, 0.2) is 0 Å². The van der Waals surface area contributed by atoms with Gasteiger partial charge in [-0.25, -0.2) is 4.79 Å². The Kier molecular flexibility index (Phi) is 10.7. The van der Waals surface area contributed by atoms with Gasteiger partial charge in [0, 0.05) is 6.92 Å². The fourth-order valence-corrected chi connectivity index (χ4v) is 2.12. The predicted molar refractivity (Wildman–Crippen MR) is 97.2 cm³/mol. The van der Waals surface area contributed by atoms with E-state index in [1.54, 1.807) is 27.7 Å². The summed E-state index contributed by atoms with van der Waals surface area (Å²) in [6.45, 7) is 7.61. The number of hydrogen-bond donors (Lipinski definition) is 4. The number of carbonyl (C=O) groups is 5. The Balaban J connectivity index is 4.43. The molecule has 0 aliphatic rings. The van der Waals surface area contributed by atoms with Gasteiger partial charge in [0.1, 0.15) is 12.1 Å².